The van der Waals surface area contributed by atoms with Crippen LogP contribution in [0.3, 0.4) is 0 Å². The average Bonchev–Trinajstić information content (AvgIpc) is 2.41. The van der Waals surface area contributed by atoms with Crippen LogP contribution in [-0.4, -0.2) is 16.5 Å². The summed E-state index contributed by atoms with van der Waals surface area (Å²) < 4.78 is 0. The van der Waals surface area contributed by atoms with Crippen LogP contribution in [0.15, 0.2) is 42.5 Å². The molecule has 3 rings (SSSR count). The molecule has 0 radical (unpaired) electrons. The smallest absolute Gasteiger partial charge is 0.282 e. The van der Waals surface area contributed by atoms with Gasteiger partial charge in [-0.25, -0.2) is 0 Å². The van der Waals surface area contributed by atoms with Gasteiger partial charge in [-0.15, -0.1) is 0 Å². The van der Waals surface area contributed by atoms with Gasteiger partial charge in [-0.2, -0.15) is 0 Å². The van der Waals surface area contributed by atoms with Crippen molar-refractivity contribution in [2.45, 2.75) is 0 Å². The number of hydrogen-bond donors (Lipinski definition) is 0. The van der Waals surface area contributed by atoms with Crippen molar-refractivity contribution in [3.05, 3.63) is 63.7 Å². The molecule has 19 heavy (non-hydrogen) atoms. The molecule has 92 valence electrons. The van der Waals surface area contributed by atoms with Gasteiger partial charge in [-0.05, 0) is 16.8 Å². The standard InChI is InChI=1S/C14H7NO4/c16-12-7-11(15(18)19)13-9-4-2-1-3-8(9)5-6-10(13)14(12)17/h1-7H. The fraction of sp³-hybridized carbons (Fsp3) is 0. The fourth-order valence-corrected chi connectivity index (χ4v) is 2.28. The molecule has 0 aliphatic heterocycles. The third-order valence-electron chi connectivity index (χ3n) is 3.12. The molecule has 0 amide bonds. The van der Waals surface area contributed by atoms with Gasteiger partial charge in [0.2, 0.25) is 11.6 Å². The summed E-state index contributed by atoms with van der Waals surface area (Å²) in [7, 11) is 0. The molecule has 0 aromatic heterocycles. The zero-order valence-electron chi connectivity index (χ0n) is 9.62. The third-order valence-corrected chi connectivity index (χ3v) is 3.12. The number of allylic oxidation sites excluding steroid dienone is 1. The summed E-state index contributed by atoms with van der Waals surface area (Å²) in [5.41, 5.74) is 0.00185. The van der Waals surface area contributed by atoms with Gasteiger partial charge in [0, 0.05) is 5.56 Å². The highest BCUT2D eigenvalue weighted by Crippen LogP contribution is 2.32. The minimum atomic E-state index is -0.852. The first kappa shape index (κ1) is 11.3. The number of carbonyl (C=O) groups excluding carboxylic acids is 2. The first-order valence-electron chi connectivity index (χ1n) is 5.56. The van der Waals surface area contributed by atoms with Gasteiger partial charge in [0.15, 0.2) is 0 Å². The van der Waals surface area contributed by atoms with Crippen LogP contribution in [0.4, 0.5) is 0 Å². The van der Waals surface area contributed by atoms with Crippen LogP contribution in [0, 0.1) is 10.1 Å². The molecular weight excluding hydrogens is 246 g/mol. The van der Waals surface area contributed by atoms with E-state index in [0.717, 1.165) is 11.5 Å². The van der Waals surface area contributed by atoms with Crippen molar-refractivity contribution >= 4 is 28.0 Å². The molecule has 0 atom stereocenters. The predicted octanol–water partition coefficient (Wildman–Crippen LogP) is 2.22. The van der Waals surface area contributed by atoms with Crippen molar-refractivity contribution in [2.24, 2.45) is 0 Å². The van der Waals surface area contributed by atoms with Gasteiger partial charge in [0.25, 0.3) is 5.70 Å². The van der Waals surface area contributed by atoms with Gasteiger partial charge >= 0.3 is 0 Å². The van der Waals surface area contributed by atoms with Crippen LogP contribution >= 0.6 is 0 Å². The maximum absolute atomic E-state index is 11.8. The summed E-state index contributed by atoms with van der Waals surface area (Å²) >= 11 is 0. The average molecular weight is 253 g/mol. The maximum atomic E-state index is 11.8. The van der Waals surface area contributed by atoms with Crippen LogP contribution in [0.2, 0.25) is 0 Å². The summed E-state index contributed by atoms with van der Waals surface area (Å²) in [5, 5.41) is 12.5. The lowest BCUT2D eigenvalue weighted by atomic mass is 9.89. The Balaban J connectivity index is 2.47. The molecule has 1 aliphatic rings. The molecule has 0 unspecified atom stereocenters. The molecule has 0 saturated carbocycles. The number of nitro groups is 1. The van der Waals surface area contributed by atoms with E-state index < -0.39 is 16.5 Å². The third kappa shape index (κ3) is 1.55. The summed E-state index contributed by atoms with van der Waals surface area (Å²) in [4.78, 5) is 33.7. The van der Waals surface area contributed by atoms with E-state index >= 15 is 0 Å². The molecule has 2 aromatic rings. The Bertz CT molecular complexity index is 789. The van der Waals surface area contributed by atoms with E-state index in [1.807, 2.05) is 0 Å². The summed E-state index contributed by atoms with van der Waals surface area (Å²) in [5.74, 6) is -1.55. The molecule has 2 aromatic carbocycles. The SMILES string of the molecule is O=C1C=C([N+](=O)[O-])c2c(ccc3ccccc23)C1=O. The number of benzene rings is 2. The van der Waals surface area contributed by atoms with Crippen molar-refractivity contribution in [3.8, 4) is 0 Å². The van der Waals surface area contributed by atoms with Crippen LogP contribution in [-0.2, 0) is 4.79 Å². The van der Waals surface area contributed by atoms with E-state index in [4.69, 9.17) is 0 Å². The molecule has 0 fully saturated rings. The number of hydrogen-bond acceptors (Lipinski definition) is 4. The first-order valence-corrected chi connectivity index (χ1v) is 5.56. The fourth-order valence-electron chi connectivity index (χ4n) is 2.28. The first-order chi connectivity index (χ1) is 9.09. The Morgan fingerprint density at radius 2 is 1.74 bits per heavy atom. The van der Waals surface area contributed by atoms with E-state index in [0.29, 0.717) is 5.39 Å². The monoisotopic (exact) mass is 253 g/mol. The van der Waals surface area contributed by atoms with Gasteiger partial charge in [0.05, 0.1) is 16.6 Å². The quantitative estimate of drug-likeness (QED) is 0.443. The number of rotatable bonds is 1. The summed E-state index contributed by atoms with van der Waals surface area (Å²) in [6.45, 7) is 0. The van der Waals surface area contributed by atoms with Crippen molar-refractivity contribution in [1.82, 2.24) is 0 Å². The second kappa shape index (κ2) is 3.84. The second-order valence-corrected chi connectivity index (χ2v) is 4.19. The molecule has 5 nitrogen and oxygen atoms in total. The van der Waals surface area contributed by atoms with Crippen LogP contribution in [0.25, 0.3) is 16.5 Å². The lowest BCUT2D eigenvalue weighted by Crippen LogP contribution is -2.21. The molecule has 0 heterocycles. The normalized spacial score (nSPS) is 14.2. The topological polar surface area (TPSA) is 77.3 Å². The molecular formula is C14H7NO4. The van der Waals surface area contributed by atoms with E-state index in [1.54, 1.807) is 30.3 Å². The second-order valence-electron chi connectivity index (χ2n) is 4.19. The molecule has 5 heteroatoms. The minimum Gasteiger partial charge on any atom is -0.285 e. The number of fused-ring (bicyclic) bond motifs is 3. The number of Topliss-reactive ketones (excluding diaryl/α,β-unsaturated/α-hetero) is 1. The molecule has 0 N–H and O–H groups in total. The molecule has 1 aliphatic carbocycles. The van der Waals surface area contributed by atoms with Crippen molar-refractivity contribution in [1.29, 1.82) is 0 Å². The summed E-state index contributed by atoms with van der Waals surface area (Å²) in [6.07, 6.45) is 0.803. The lowest BCUT2D eigenvalue weighted by Gasteiger charge is -2.12. The van der Waals surface area contributed by atoms with Crippen LogP contribution in [0.1, 0.15) is 15.9 Å². The van der Waals surface area contributed by atoms with E-state index in [1.165, 1.54) is 6.07 Å². The van der Waals surface area contributed by atoms with Crippen LogP contribution in [0.5, 0.6) is 0 Å². The van der Waals surface area contributed by atoms with Crippen molar-refractivity contribution < 1.29 is 14.5 Å². The Hall–Kier alpha value is -2.82. The number of ketones is 2. The number of nitrogens with zero attached hydrogens (tertiary/aromatic N) is 1. The Kier molecular flexibility index (Phi) is 2.28. The highest BCUT2D eigenvalue weighted by atomic mass is 16.6. The molecule has 0 bridgehead atoms. The van der Waals surface area contributed by atoms with Crippen molar-refractivity contribution in [2.75, 3.05) is 0 Å². The highest BCUT2D eigenvalue weighted by Gasteiger charge is 2.33. The van der Waals surface area contributed by atoms with E-state index in [-0.39, 0.29) is 16.8 Å². The largest absolute Gasteiger partial charge is 0.285 e. The molecule has 0 saturated heterocycles. The zero-order valence-corrected chi connectivity index (χ0v) is 9.62. The molecule has 0 spiro atoms. The summed E-state index contributed by atoms with van der Waals surface area (Å²) in [6, 6.07) is 10.2. The Labute approximate surface area is 107 Å². The van der Waals surface area contributed by atoms with E-state index in [2.05, 4.69) is 0 Å². The Morgan fingerprint density at radius 1 is 1.00 bits per heavy atom. The minimum absolute atomic E-state index is 0.0953. The van der Waals surface area contributed by atoms with Crippen molar-refractivity contribution in [3.63, 3.8) is 0 Å². The van der Waals surface area contributed by atoms with Gasteiger partial charge < -0.3 is 0 Å². The van der Waals surface area contributed by atoms with Crippen LogP contribution < -0.4 is 0 Å². The van der Waals surface area contributed by atoms with E-state index in [9.17, 15) is 19.7 Å². The van der Waals surface area contributed by atoms with Gasteiger partial charge in [-0.1, -0.05) is 30.3 Å². The predicted molar refractivity (Wildman–Crippen MR) is 68.3 cm³/mol. The lowest BCUT2D eigenvalue weighted by molar-refractivity contribution is -0.375. The highest BCUT2D eigenvalue weighted by molar-refractivity contribution is 6.50. The zero-order chi connectivity index (χ0) is 13.6. The number of carbonyl (C=O) groups is 2. The van der Waals surface area contributed by atoms with Gasteiger partial charge in [-0.3, -0.25) is 19.7 Å². The van der Waals surface area contributed by atoms with Gasteiger partial charge in [0.1, 0.15) is 0 Å². The Morgan fingerprint density at radius 3 is 2.47 bits per heavy atom. The maximum Gasteiger partial charge on any atom is 0.282 e.